The SMILES string of the molecule is c1ccc(-c2ccccc2NCC2CCCN2)cc1. The Morgan fingerprint density at radius 3 is 2.58 bits per heavy atom. The van der Waals surface area contributed by atoms with Crippen LogP contribution in [0.5, 0.6) is 0 Å². The van der Waals surface area contributed by atoms with Crippen LogP contribution >= 0.6 is 0 Å². The average Bonchev–Trinajstić information content (AvgIpc) is 3.00. The Bertz CT molecular complexity index is 516. The zero-order chi connectivity index (χ0) is 12.9. The number of para-hydroxylation sites is 1. The van der Waals surface area contributed by atoms with E-state index in [4.69, 9.17) is 0 Å². The first kappa shape index (κ1) is 12.2. The van der Waals surface area contributed by atoms with Gasteiger partial charge in [-0.05, 0) is 31.0 Å². The van der Waals surface area contributed by atoms with Crippen molar-refractivity contribution < 1.29 is 0 Å². The van der Waals surface area contributed by atoms with E-state index in [-0.39, 0.29) is 0 Å². The summed E-state index contributed by atoms with van der Waals surface area (Å²) in [5.41, 5.74) is 3.77. The Balaban J connectivity index is 1.77. The van der Waals surface area contributed by atoms with Crippen molar-refractivity contribution in [2.24, 2.45) is 0 Å². The Hall–Kier alpha value is -1.80. The zero-order valence-corrected chi connectivity index (χ0v) is 11.1. The second-order valence-electron chi connectivity index (χ2n) is 5.09. The average molecular weight is 252 g/mol. The minimum Gasteiger partial charge on any atom is -0.383 e. The normalized spacial score (nSPS) is 18.4. The van der Waals surface area contributed by atoms with Crippen LogP contribution in [0.15, 0.2) is 54.6 Å². The Morgan fingerprint density at radius 1 is 1.00 bits per heavy atom. The maximum atomic E-state index is 3.59. The molecule has 3 rings (SSSR count). The van der Waals surface area contributed by atoms with Crippen molar-refractivity contribution >= 4 is 5.69 Å². The summed E-state index contributed by atoms with van der Waals surface area (Å²) in [5, 5.41) is 7.11. The highest BCUT2D eigenvalue weighted by Gasteiger charge is 2.14. The van der Waals surface area contributed by atoms with Gasteiger partial charge >= 0.3 is 0 Å². The maximum Gasteiger partial charge on any atom is 0.0420 e. The molecule has 0 aromatic heterocycles. The van der Waals surface area contributed by atoms with Gasteiger partial charge in [-0.1, -0.05) is 48.5 Å². The summed E-state index contributed by atoms with van der Waals surface area (Å²) in [7, 11) is 0. The highest BCUT2D eigenvalue weighted by molar-refractivity contribution is 5.77. The Labute approximate surface area is 114 Å². The van der Waals surface area contributed by atoms with Crippen molar-refractivity contribution in [3.63, 3.8) is 0 Å². The molecule has 2 aromatic rings. The third-order valence-electron chi connectivity index (χ3n) is 3.71. The molecule has 98 valence electrons. The highest BCUT2D eigenvalue weighted by atomic mass is 15.0. The molecule has 2 N–H and O–H groups in total. The van der Waals surface area contributed by atoms with E-state index < -0.39 is 0 Å². The monoisotopic (exact) mass is 252 g/mol. The van der Waals surface area contributed by atoms with E-state index in [0.717, 1.165) is 13.1 Å². The molecule has 0 saturated carbocycles. The van der Waals surface area contributed by atoms with E-state index in [9.17, 15) is 0 Å². The summed E-state index contributed by atoms with van der Waals surface area (Å²) in [6.07, 6.45) is 2.58. The molecule has 1 heterocycles. The largest absolute Gasteiger partial charge is 0.383 e. The predicted octanol–water partition coefficient (Wildman–Crippen LogP) is 3.52. The van der Waals surface area contributed by atoms with E-state index >= 15 is 0 Å². The fourth-order valence-corrected chi connectivity index (χ4v) is 2.67. The van der Waals surface area contributed by atoms with Crippen LogP contribution in [0.2, 0.25) is 0 Å². The lowest BCUT2D eigenvalue weighted by Crippen LogP contribution is -2.29. The molecule has 1 atom stereocenters. The van der Waals surface area contributed by atoms with E-state index in [1.54, 1.807) is 0 Å². The molecule has 0 spiro atoms. The number of anilines is 1. The fraction of sp³-hybridized carbons (Fsp3) is 0.294. The van der Waals surface area contributed by atoms with Crippen molar-refractivity contribution in [1.82, 2.24) is 5.32 Å². The zero-order valence-electron chi connectivity index (χ0n) is 11.1. The number of nitrogens with one attached hydrogen (secondary N) is 2. The molecule has 0 aliphatic carbocycles. The van der Waals surface area contributed by atoms with Crippen LogP contribution < -0.4 is 10.6 Å². The molecule has 1 saturated heterocycles. The summed E-state index contributed by atoms with van der Waals surface area (Å²) in [4.78, 5) is 0. The maximum absolute atomic E-state index is 3.59. The number of rotatable bonds is 4. The summed E-state index contributed by atoms with van der Waals surface area (Å²) in [6, 6.07) is 19.7. The number of hydrogen-bond donors (Lipinski definition) is 2. The van der Waals surface area contributed by atoms with Crippen molar-refractivity contribution in [3.8, 4) is 11.1 Å². The molecule has 0 bridgehead atoms. The van der Waals surface area contributed by atoms with Crippen LogP contribution in [0.1, 0.15) is 12.8 Å². The molecule has 0 radical (unpaired) electrons. The van der Waals surface area contributed by atoms with Crippen LogP contribution in [-0.4, -0.2) is 19.1 Å². The van der Waals surface area contributed by atoms with Crippen molar-refractivity contribution in [2.45, 2.75) is 18.9 Å². The fourth-order valence-electron chi connectivity index (χ4n) is 2.67. The van der Waals surface area contributed by atoms with Crippen LogP contribution in [-0.2, 0) is 0 Å². The van der Waals surface area contributed by atoms with E-state index in [1.165, 1.54) is 29.7 Å². The molecule has 2 nitrogen and oxygen atoms in total. The molecule has 19 heavy (non-hydrogen) atoms. The lowest BCUT2D eigenvalue weighted by Gasteiger charge is -2.15. The molecule has 1 aliphatic heterocycles. The Kier molecular flexibility index (Phi) is 3.80. The standard InChI is InChI=1S/C17H20N2/c1-2-7-14(8-3-1)16-10-4-5-11-17(16)19-13-15-9-6-12-18-15/h1-5,7-8,10-11,15,18-19H,6,9,12-13H2. The van der Waals surface area contributed by atoms with Gasteiger partial charge in [0, 0.05) is 23.8 Å². The molecule has 1 unspecified atom stereocenters. The van der Waals surface area contributed by atoms with Gasteiger partial charge in [0.1, 0.15) is 0 Å². The predicted molar refractivity (Wildman–Crippen MR) is 81.4 cm³/mol. The Morgan fingerprint density at radius 2 is 1.79 bits per heavy atom. The lowest BCUT2D eigenvalue weighted by atomic mass is 10.0. The second-order valence-corrected chi connectivity index (χ2v) is 5.09. The van der Waals surface area contributed by atoms with Crippen LogP contribution in [0.25, 0.3) is 11.1 Å². The molecule has 0 amide bonds. The summed E-state index contributed by atoms with van der Waals surface area (Å²) in [5.74, 6) is 0. The second kappa shape index (κ2) is 5.89. The summed E-state index contributed by atoms with van der Waals surface area (Å²) < 4.78 is 0. The van der Waals surface area contributed by atoms with Crippen molar-refractivity contribution in [1.29, 1.82) is 0 Å². The van der Waals surface area contributed by atoms with E-state index in [2.05, 4.69) is 65.2 Å². The highest BCUT2D eigenvalue weighted by Crippen LogP contribution is 2.27. The van der Waals surface area contributed by atoms with Crippen LogP contribution in [0, 0.1) is 0 Å². The first-order valence-corrected chi connectivity index (χ1v) is 7.05. The van der Waals surface area contributed by atoms with Gasteiger partial charge in [0.25, 0.3) is 0 Å². The van der Waals surface area contributed by atoms with Crippen LogP contribution in [0.4, 0.5) is 5.69 Å². The first-order chi connectivity index (χ1) is 9.43. The van der Waals surface area contributed by atoms with E-state index in [0.29, 0.717) is 6.04 Å². The molecule has 2 aromatic carbocycles. The third kappa shape index (κ3) is 2.96. The van der Waals surface area contributed by atoms with Gasteiger partial charge in [-0.2, -0.15) is 0 Å². The molecular formula is C17H20N2. The topological polar surface area (TPSA) is 24.1 Å². The number of hydrogen-bond acceptors (Lipinski definition) is 2. The minimum atomic E-state index is 0.615. The van der Waals surface area contributed by atoms with Gasteiger partial charge in [0.2, 0.25) is 0 Å². The van der Waals surface area contributed by atoms with Gasteiger partial charge in [-0.15, -0.1) is 0 Å². The molecular weight excluding hydrogens is 232 g/mol. The number of benzene rings is 2. The van der Waals surface area contributed by atoms with Crippen molar-refractivity contribution in [2.75, 3.05) is 18.4 Å². The van der Waals surface area contributed by atoms with Gasteiger partial charge < -0.3 is 10.6 Å². The lowest BCUT2D eigenvalue weighted by molar-refractivity contribution is 0.634. The summed E-state index contributed by atoms with van der Waals surface area (Å²) in [6.45, 7) is 2.16. The van der Waals surface area contributed by atoms with Gasteiger partial charge in [0.05, 0.1) is 0 Å². The van der Waals surface area contributed by atoms with E-state index in [1.807, 2.05) is 0 Å². The van der Waals surface area contributed by atoms with Gasteiger partial charge in [-0.25, -0.2) is 0 Å². The van der Waals surface area contributed by atoms with Crippen LogP contribution in [0.3, 0.4) is 0 Å². The molecule has 1 fully saturated rings. The first-order valence-electron chi connectivity index (χ1n) is 7.05. The van der Waals surface area contributed by atoms with Crippen molar-refractivity contribution in [3.05, 3.63) is 54.6 Å². The van der Waals surface area contributed by atoms with Gasteiger partial charge in [-0.3, -0.25) is 0 Å². The van der Waals surface area contributed by atoms with Gasteiger partial charge in [0.15, 0.2) is 0 Å². The quantitative estimate of drug-likeness (QED) is 0.870. The molecule has 1 aliphatic rings. The minimum absolute atomic E-state index is 0.615. The molecule has 2 heteroatoms. The smallest absolute Gasteiger partial charge is 0.0420 e. The third-order valence-corrected chi connectivity index (χ3v) is 3.71. The summed E-state index contributed by atoms with van der Waals surface area (Å²) >= 11 is 0.